The first-order valence-corrected chi connectivity index (χ1v) is 10.8. The fraction of sp³-hybridized carbons (Fsp3) is 0.375. The number of nitrogens with zero attached hydrogens (tertiary/aromatic N) is 2. The zero-order valence-electron chi connectivity index (χ0n) is 18.0. The predicted octanol–water partition coefficient (Wildman–Crippen LogP) is 6.37. The molecule has 1 fully saturated rings. The summed E-state index contributed by atoms with van der Waals surface area (Å²) in [6.07, 6.45) is -5.50. The summed E-state index contributed by atoms with van der Waals surface area (Å²) in [4.78, 5) is 9.29. The van der Waals surface area contributed by atoms with E-state index in [1.165, 1.54) is 0 Å². The van der Waals surface area contributed by atoms with Gasteiger partial charge in [0.2, 0.25) is 0 Å². The summed E-state index contributed by atoms with van der Waals surface area (Å²) in [5.41, 5.74) is -0.990. The zero-order chi connectivity index (χ0) is 24.3. The Morgan fingerprint density at radius 1 is 0.971 bits per heavy atom. The molecule has 0 spiro atoms. The summed E-state index contributed by atoms with van der Waals surface area (Å²) < 4.78 is 85.4. The van der Waals surface area contributed by atoms with Gasteiger partial charge in [0, 0.05) is 18.4 Å². The number of hydrogen-bond donors (Lipinski definition) is 1. The van der Waals surface area contributed by atoms with E-state index in [4.69, 9.17) is 4.74 Å². The smallest absolute Gasteiger partial charge is 0.372 e. The Balaban J connectivity index is 1.59. The van der Waals surface area contributed by atoms with Crippen molar-refractivity contribution in [2.24, 2.45) is 0 Å². The quantitative estimate of drug-likeness (QED) is 0.415. The molecule has 0 aliphatic carbocycles. The van der Waals surface area contributed by atoms with Gasteiger partial charge in [0.25, 0.3) is 0 Å². The normalized spacial score (nSPS) is 19.9. The van der Waals surface area contributed by atoms with Crippen LogP contribution in [0.5, 0.6) is 0 Å². The number of ether oxygens (including phenoxy) is 1. The van der Waals surface area contributed by atoms with E-state index in [0.29, 0.717) is 13.0 Å². The van der Waals surface area contributed by atoms with Crippen molar-refractivity contribution in [2.75, 3.05) is 6.54 Å². The SMILES string of the molecule is FC(F)(F)c1cc(COC2CCCN(Cc3cnc[nH]3)C2c2ccccc2)cc(C(F)(F)F)c1. The lowest BCUT2D eigenvalue weighted by Gasteiger charge is -2.41. The molecule has 1 aliphatic rings. The molecule has 0 saturated carbocycles. The number of imidazole rings is 1. The molecule has 34 heavy (non-hydrogen) atoms. The topological polar surface area (TPSA) is 41.1 Å². The van der Waals surface area contributed by atoms with Crippen molar-refractivity contribution in [3.05, 3.63) is 89.0 Å². The van der Waals surface area contributed by atoms with E-state index in [9.17, 15) is 26.3 Å². The summed E-state index contributed by atoms with van der Waals surface area (Å²) in [7, 11) is 0. The van der Waals surface area contributed by atoms with E-state index in [0.717, 1.165) is 36.4 Å². The van der Waals surface area contributed by atoms with Crippen molar-refractivity contribution >= 4 is 0 Å². The summed E-state index contributed by atoms with van der Waals surface area (Å²) >= 11 is 0. The molecule has 0 amide bonds. The second-order valence-corrected chi connectivity index (χ2v) is 8.31. The first kappa shape index (κ1) is 24.3. The largest absolute Gasteiger partial charge is 0.416 e. The molecule has 2 heterocycles. The Kier molecular flexibility index (Phi) is 6.99. The zero-order valence-corrected chi connectivity index (χ0v) is 18.0. The third kappa shape index (κ3) is 5.79. The van der Waals surface area contributed by atoms with Gasteiger partial charge in [0.05, 0.1) is 36.2 Å². The number of halogens is 6. The minimum Gasteiger partial charge on any atom is -0.372 e. The fourth-order valence-electron chi connectivity index (χ4n) is 4.35. The summed E-state index contributed by atoms with van der Waals surface area (Å²) in [5.74, 6) is 0. The average molecular weight is 483 g/mol. The molecule has 1 aliphatic heterocycles. The minimum absolute atomic E-state index is 0.128. The maximum atomic E-state index is 13.2. The van der Waals surface area contributed by atoms with Gasteiger partial charge in [-0.25, -0.2) is 4.98 Å². The van der Waals surface area contributed by atoms with Crippen molar-refractivity contribution in [3.8, 4) is 0 Å². The Labute approximate surface area is 192 Å². The van der Waals surface area contributed by atoms with Crippen LogP contribution in [0.2, 0.25) is 0 Å². The van der Waals surface area contributed by atoms with Crippen LogP contribution in [0.4, 0.5) is 26.3 Å². The van der Waals surface area contributed by atoms with E-state index in [1.54, 1.807) is 12.5 Å². The van der Waals surface area contributed by atoms with Crippen molar-refractivity contribution in [3.63, 3.8) is 0 Å². The summed E-state index contributed by atoms with van der Waals surface area (Å²) in [6.45, 7) is 0.959. The summed E-state index contributed by atoms with van der Waals surface area (Å²) in [6, 6.07) is 10.9. The van der Waals surface area contributed by atoms with Crippen LogP contribution in [-0.2, 0) is 30.2 Å². The molecule has 2 aromatic carbocycles. The van der Waals surface area contributed by atoms with Crippen LogP contribution in [0.3, 0.4) is 0 Å². The molecule has 2 atom stereocenters. The third-order valence-electron chi connectivity index (χ3n) is 5.86. The number of nitrogens with one attached hydrogen (secondary N) is 1. The third-order valence-corrected chi connectivity index (χ3v) is 5.86. The maximum absolute atomic E-state index is 13.2. The van der Waals surface area contributed by atoms with Gasteiger partial charge < -0.3 is 9.72 Å². The molecular formula is C24H23F6N3O. The van der Waals surface area contributed by atoms with Crippen LogP contribution < -0.4 is 0 Å². The Hall–Kier alpha value is -2.85. The lowest BCUT2D eigenvalue weighted by Crippen LogP contribution is -2.42. The van der Waals surface area contributed by atoms with Gasteiger partial charge in [-0.2, -0.15) is 26.3 Å². The highest BCUT2D eigenvalue weighted by atomic mass is 19.4. The Morgan fingerprint density at radius 2 is 1.65 bits per heavy atom. The molecule has 4 nitrogen and oxygen atoms in total. The van der Waals surface area contributed by atoms with E-state index >= 15 is 0 Å². The van der Waals surface area contributed by atoms with Gasteiger partial charge in [-0.15, -0.1) is 0 Å². The van der Waals surface area contributed by atoms with Crippen LogP contribution in [0, 0.1) is 0 Å². The first-order valence-electron chi connectivity index (χ1n) is 10.8. The van der Waals surface area contributed by atoms with Gasteiger partial charge in [0.15, 0.2) is 0 Å². The summed E-state index contributed by atoms with van der Waals surface area (Å²) in [5, 5.41) is 0. The molecule has 4 rings (SSSR count). The van der Waals surface area contributed by atoms with Gasteiger partial charge >= 0.3 is 12.4 Å². The number of aromatic nitrogens is 2. The van der Waals surface area contributed by atoms with Gasteiger partial charge in [-0.1, -0.05) is 30.3 Å². The molecule has 0 bridgehead atoms. The van der Waals surface area contributed by atoms with E-state index < -0.39 is 29.6 Å². The van der Waals surface area contributed by atoms with Crippen molar-refractivity contribution in [1.29, 1.82) is 0 Å². The molecule has 182 valence electrons. The number of likely N-dealkylation sites (tertiary alicyclic amines) is 1. The van der Waals surface area contributed by atoms with Gasteiger partial charge in [-0.3, -0.25) is 4.90 Å². The molecule has 2 unspecified atom stereocenters. The fourth-order valence-corrected chi connectivity index (χ4v) is 4.35. The Bertz CT molecular complexity index is 1030. The maximum Gasteiger partial charge on any atom is 0.416 e. The number of piperidine rings is 1. The van der Waals surface area contributed by atoms with Gasteiger partial charge in [-0.05, 0) is 48.7 Å². The van der Waals surface area contributed by atoms with E-state index in [2.05, 4.69) is 14.9 Å². The molecule has 10 heteroatoms. The second kappa shape index (κ2) is 9.79. The lowest BCUT2D eigenvalue weighted by atomic mass is 9.92. The molecule has 1 saturated heterocycles. The first-order chi connectivity index (χ1) is 16.1. The highest BCUT2D eigenvalue weighted by molar-refractivity contribution is 5.33. The highest BCUT2D eigenvalue weighted by Crippen LogP contribution is 2.38. The van der Waals surface area contributed by atoms with Crippen molar-refractivity contribution in [2.45, 2.75) is 50.5 Å². The number of alkyl halides is 6. The molecule has 1 N–H and O–H groups in total. The minimum atomic E-state index is -4.89. The van der Waals surface area contributed by atoms with Crippen LogP contribution >= 0.6 is 0 Å². The molecule has 0 radical (unpaired) electrons. The standard InChI is InChI=1S/C24H23F6N3O/c25-23(26,27)18-9-16(10-19(11-18)24(28,29)30)14-34-21-7-4-8-33(13-20-12-31-15-32-20)22(21)17-5-2-1-3-6-17/h1-3,5-6,9-12,15,21-22H,4,7-8,13-14H2,(H,31,32). The van der Waals surface area contributed by atoms with Gasteiger partial charge in [0.1, 0.15) is 0 Å². The highest BCUT2D eigenvalue weighted by Gasteiger charge is 2.38. The van der Waals surface area contributed by atoms with E-state index in [-0.39, 0.29) is 24.3 Å². The second-order valence-electron chi connectivity index (χ2n) is 8.31. The van der Waals surface area contributed by atoms with Crippen molar-refractivity contribution in [1.82, 2.24) is 14.9 Å². The monoisotopic (exact) mass is 483 g/mol. The number of rotatable bonds is 6. The molecule has 3 aromatic rings. The number of hydrogen-bond acceptors (Lipinski definition) is 3. The number of H-pyrrole nitrogens is 1. The lowest BCUT2D eigenvalue weighted by molar-refractivity contribution is -0.143. The van der Waals surface area contributed by atoms with Crippen LogP contribution in [0.1, 0.15) is 46.8 Å². The predicted molar refractivity (Wildman–Crippen MR) is 112 cm³/mol. The molecule has 1 aromatic heterocycles. The van der Waals surface area contributed by atoms with E-state index in [1.807, 2.05) is 30.3 Å². The number of benzene rings is 2. The van der Waals surface area contributed by atoms with Crippen LogP contribution in [0.15, 0.2) is 61.1 Å². The van der Waals surface area contributed by atoms with Crippen LogP contribution in [0.25, 0.3) is 0 Å². The Morgan fingerprint density at radius 3 is 2.24 bits per heavy atom. The number of aromatic amines is 1. The van der Waals surface area contributed by atoms with Crippen molar-refractivity contribution < 1.29 is 31.1 Å². The average Bonchev–Trinajstić information content (AvgIpc) is 3.30. The van der Waals surface area contributed by atoms with Crippen LogP contribution in [-0.4, -0.2) is 27.5 Å². The molecular weight excluding hydrogens is 460 g/mol.